The number of carbonyl (C=O) groups excluding carboxylic acids is 1. The Morgan fingerprint density at radius 2 is 1.79 bits per heavy atom. The molecule has 1 heterocycles. The molecule has 1 aromatic heterocycles. The van der Waals surface area contributed by atoms with E-state index < -0.39 is 17.4 Å². The minimum absolute atomic E-state index is 0.175. The molecular weight excluding hydrogens is 250 g/mol. The van der Waals surface area contributed by atoms with E-state index in [9.17, 15) is 13.6 Å². The molecule has 0 saturated heterocycles. The van der Waals surface area contributed by atoms with Crippen molar-refractivity contribution in [3.8, 4) is 0 Å². The van der Waals surface area contributed by atoms with Gasteiger partial charge in [-0.2, -0.15) is 5.10 Å². The second kappa shape index (κ2) is 4.57. The number of benzene rings is 1. The molecule has 5 heteroatoms. The van der Waals surface area contributed by atoms with Crippen molar-refractivity contribution >= 4 is 5.78 Å². The Balaban J connectivity index is 2.60. The molecule has 0 N–H and O–H groups in total. The van der Waals surface area contributed by atoms with Crippen molar-refractivity contribution in [2.24, 2.45) is 7.05 Å². The fourth-order valence-electron chi connectivity index (χ4n) is 2.06. The Labute approximate surface area is 109 Å². The summed E-state index contributed by atoms with van der Waals surface area (Å²) in [6, 6.07) is 2.70. The quantitative estimate of drug-likeness (QED) is 0.782. The predicted molar refractivity (Wildman–Crippen MR) is 67.2 cm³/mol. The van der Waals surface area contributed by atoms with Crippen LogP contribution in [0.15, 0.2) is 12.1 Å². The van der Waals surface area contributed by atoms with Crippen LogP contribution < -0.4 is 0 Å². The second-order valence-corrected chi connectivity index (χ2v) is 4.56. The molecule has 0 spiro atoms. The average Bonchev–Trinajstić information content (AvgIpc) is 2.60. The van der Waals surface area contributed by atoms with Crippen molar-refractivity contribution in [3.63, 3.8) is 0 Å². The first-order chi connectivity index (χ1) is 8.84. The molecule has 0 aliphatic carbocycles. The zero-order chi connectivity index (χ0) is 14.3. The van der Waals surface area contributed by atoms with Gasteiger partial charge in [0.1, 0.15) is 0 Å². The summed E-state index contributed by atoms with van der Waals surface area (Å²) in [5.41, 5.74) is 1.37. The van der Waals surface area contributed by atoms with Crippen LogP contribution in [0.3, 0.4) is 0 Å². The van der Waals surface area contributed by atoms with Crippen LogP contribution in [0.5, 0.6) is 0 Å². The topological polar surface area (TPSA) is 34.9 Å². The van der Waals surface area contributed by atoms with E-state index in [0.717, 1.165) is 0 Å². The monoisotopic (exact) mass is 264 g/mol. The van der Waals surface area contributed by atoms with Gasteiger partial charge in [-0.3, -0.25) is 9.48 Å². The number of aromatic nitrogens is 2. The van der Waals surface area contributed by atoms with Gasteiger partial charge < -0.3 is 0 Å². The van der Waals surface area contributed by atoms with Crippen LogP contribution in [-0.4, -0.2) is 15.6 Å². The first-order valence-electron chi connectivity index (χ1n) is 5.84. The van der Waals surface area contributed by atoms with E-state index in [1.807, 2.05) is 0 Å². The third-order valence-electron chi connectivity index (χ3n) is 3.26. The van der Waals surface area contributed by atoms with E-state index in [-0.39, 0.29) is 11.1 Å². The van der Waals surface area contributed by atoms with Gasteiger partial charge in [0.05, 0.1) is 16.8 Å². The molecule has 1 aromatic carbocycles. The highest BCUT2D eigenvalue weighted by molar-refractivity contribution is 6.10. The summed E-state index contributed by atoms with van der Waals surface area (Å²) < 4.78 is 28.9. The first kappa shape index (κ1) is 13.4. The van der Waals surface area contributed by atoms with E-state index in [0.29, 0.717) is 17.0 Å². The number of hydrogen-bond donors (Lipinski definition) is 0. The molecule has 0 aliphatic rings. The minimum atomic E-state index is -1.10. The summed E-state index contributed by atoms with van der Waals surface area (Å²) in [6.45, 7) is 4.84. The van der Waals surface area contributed by atoms with Crippen LogP contribution in [0.1, 0.15) is 32.9 Å². The second-order valence-electron chi connectivity index (χ2n) is 4.56. The number of nitrogens with zero attached hydrogens (tertiary/aromatic N) is 2. The molecule has 0 fully saturated rings. The van der Waals surface area contributed by atoms with Crippen LogP contribution in [0.2, 0.25) is 0 Å². The van der Waals surface area contributed by atoms with E-state index in [1.165, 1.54) is 19.1 Å². The summed E-state index contributed by atoms with van der Waals surface area (Å²) >= 11 is 0. The van der Waals surface area contributed by atoms with Crippen LogP contribution in [0.4, 0.5) is 8.78 Å². The predicted octanol–water partition coefficient (Wildman–Crippen LogP) is 2.85. The molecule has 0 atom stereocenters. The third-order valence-corrected chi connectivity index (χ3v) is 3.26. The highest BCUT2D eigenvalue weighted by Crippen LogP contribution is 2.22. The Hall–Kier alpha value is -2.04. The molecule has 2 aromatic rings. The van der Waals surface area contributed by atoms with Crippen LogP contribution in [0, 0.1) is 32.4 Å². The molecule has 0 bridgehead atoms. The van der Waals surface area contributed by atoms with Gasteiger partial charge in [0.2, 0.25) is 0 Å². The molecule has 100 valence electrons. The van der Waals surface area contributed by atoms with Crippen molar-refractivity contribution in [2.45, 2.75) is 20.8 Å². The largest absolute Gasteiger partial charge is 0.288 e. The Kier molecular flexibility index (Phi) is 3.22. The van der Waals surface area contributed by atoms with Gasteiger partial charge in [-0.25, -0.2) is 8.78 Å². The zero-order valence-electron chi connectivity index (χ0n) is 11.2. The molecule has 0 saturated carbocycles. The van der Waals surface area contributed by atoms with E-state index in [2.05, 4.69) is 5.10 Å². The lowest BCUT2D eigenvalue weighted by molar-refractivity contribution is 0.103. The summed E-state index contributed by atoms with van der Waals surface area (Å²) in [7, 11) is 1.70. The molecule has 0 radical (unpaired) electrons. The van der Waals surface area contributed by atoms with E-state index in [1.54, 1.807) is 25.6 Å². The van der Waals surface area contributed by atoms with E-state index in [4.69, 9.17) is 0 Å². The van der Waals surface area contributed by atoms with Gasteiger partial charge in [0.25, 0.3) is 0 Å². The lowest BCUT2D eigenvalue weighted by Crippen LogP contribution is -2.09. The standard InChI is InChI=1S/C14H14F2N2O/c1-7-5-6-10(13(16)12(7)15)14(19)11-8(2)17-18(4)9(11)3/h5-6H,1-4H3. The molecule has 3 nitrogen and oxygen atoms in total. The maximum absolute atomic E-state index is 13.8. The number of ketones is 1. The van der Waals surface area contributed by atoms with Gasteiger partial charge in [-0.05, 0) is 32.4 Å². The Bertz CT molecular complexity index is 675. The van der Waals surface area contributed by atoms with Gasteiger partial charge in [0.15, 0.2) is 17.4 Å². The van der Waals surface area contributed by atoms with Crippen molar-refractivity contribution in [3.05, 3.63) is 51.8 Å². The minimum Gasteiger partial charge on any atom is -0.288 e. The van der Waals surface area contributed by atoms with E-state index >= 15 is 0 Å². The van der Waals surface area contributed by atoms with Gasteiger partial charge in [-0.1, -0.05) is 6.07 Å². The number of rotatable bonds is 2. The van der Waals surface area contributed by atoms with Gasteiger partial charge in [0, 0.05) is 12.7 Å². The first-order valence-corrected chi connectivity index (χ1v) is 5.84. The van der Waals surface area contributed by atoms with Crippen molar-refractivity contribution < 1.29 is 13.6 Å². The van der Waals surface area contributed by atoms with Gasteiger partial charge in [-0.15, -0.1) is 0 Å². The lowest BCUT2D eigenvalue weighted by Gasteiger charge is -2.06. The molecule has 0 amide bonds. The van der Waals surface area contributed by atoms with Crippen molar-refractivity contribution in [1.29, 1.82) is 0 Å². The Morgan fingerprint density at radius 3 is 2.32 bits per heavy atom. The SMILES string of the molecule is Cc1ccc(C(=O)c2c(C)nn(C)c2C)c(F)c1F. The summed E-state index contributed by atoms with van der Waals surface area (Å²) in [4.78, 5) is 12.3. The Morgan fingerprint density at radius 1 is 1.16 bits per heavy atom. The van der Waals surface area contributed by atoms with Crippen molar-refractivity contribution in [1.82, 2.24) is 9.78 Å². The van der Waals surface area contributed by atoms with Crippen molar-refractivity contribution in [2.75, 3.05) is 0 Å². The van der Waals surface area contributed by atoms with Crippen LogP contribution in [0.25, 0.3) is 0 Å². The number of carbonyl (C=O) groups is 1. The smallest absolute Gasteiger partial charge is 0.199 e. The maximum Gasteiger partial charge on any atom is 0.199 e. The maximum atomic E-state index is 13.8. The molecule has 2 rings (SSSR count). The lowest BCUT2D eigenvalue weighted by atomic mass is 10.00. The molecule has 19 heavy (non-hydrogen) atoms. The summed E-state index contributed by atoms with van der Waals surface area (Å²) in [6.07, 6.45) is 0. The van der Waals surface area contributed by atoms with Crippen LogP contribution in [-0.2, 0) is 7.05 Å². The fraction of sp³-hybridized carbons (Fsp3) is 0.286. The molecule has 0 aliphatic heterocycles. The fourth-order valence-corrected chi connectivity index (χ4v) is 2.06. The highest BCUT2D eigenvalue weighted by atomic mass is 19.2. The van der Waals surface area contributed by atoms with Crippen LogP contribution >= 0.6 is 0 Å². The zero-order valence-corrected chi connectivity index (χ0v) is 11.2. The average molecular weight is 264 g/mol. The highest BCUT2D eigenvalue weighted by Gasteiger charge is 2.23. The summed E-state index contributed by atoms with van der Waals surface area (Å²) in [5, 5.41) is 4.11. The number of aryl methyl sites for hydroxylation is 3. The van der Waals surface area contributed by atoms with Gasteiger partial charge >= 0.3 is 0 Å². The number of halogens is 2. The molecule has 0 unspecified atom stereocenters. The molecular formula is C14H14F2N2O. The number of hydrogen-bond acceptors (Lipinski definition) is 2. The summed E-state index contributed by atoms with van der Waals surface area (Å²) in [5.74, 6) is -2.63. The third kappa shape index (κ3) is 2.05. The normalized spacial score (nSPS) is 10.8.